The highest BCUT2D eigenvalue weighted by atomic mass is 32.2. The molecule has 8 nitrogen and oxygen atoms in total. The lowest BCUT2D eigenvalue weighted by Gasteiger charge is -2.20. The van der Waals surface area contributed by atoms with E-state index in [1.165, 1.54) is 12.1 Å². The third-order valence-corrected chi connectivity index (χ3v) is 4.37. The summed E-state index contributed by atoms with van der Waals surface area (Å²) in [5.74, 6) is -2.04. The smallest absolute Gasteiger partial charge is 0.337 e. The molecule has 0 aromatic heterocycles. The van der Waals surface area contributed by atoms with Gasteiger partial charge in [0.15, 0.2) is 0 Å². The number of amides is 1. The molecule has 1 heterocycles. The van der Waals surface area contributed by atoms with Gasteiger partial charge in [-0.25, -0.2) is 18.4 Å². The monoisotopic (exact) mass is 313 g/mol. The van der Waals surface area contributed by atoms with Gasteiger partial charge in [-0.3, -0.25) is 4.79 Å². The number of carbonyl (C=O) groups is 2. The molecule has 2 rings (SSSR count). The fraction of sp³-hybridized carbons (Fsp3) is 0.333. The zero-order valence-electron chi connectivity index (χ0n) is 11.0. The first-order valence-electron chi connectivity index (χ1n) is 6.14. The van der Waals surface area contributed by atoms with Crippen LogP contribution in [0.3, 0.4) is 0 Å². The van der Waals surface area contributed by atoms with Crippen LogP contribution in [0.1, 0.15) is 16.8 Å². The predicted octanol–water partition coefficient (Wildman–Crippen LogP) is -0.656. The molecule has 1 aromatic rings. The van der Waals surface area contributed by atoms with Crippen molar-refractivity contribution in [2.75, 3.05) is 18.0 Å². The van der Waals surface area contributed by atoms with Crippen LogP contribution in [0.5, 0.6) is 0 Å². The van der Waals surface area contributed by atoms with Gasteiger partial charge in [-0.05, 0) is 24.6 Å². The molecule has 5 N–H and O–H groups in total. The Bertz CT molecular complexity index is 701. The summed E-state index contributed by atoms with van der Waals surface area (Å²) in [5, 5.41) is 14.2. The van der Waals surface area contributed by atoms with E-state index >= 15 is 0 Å². The van der Waals surface area contributed by atoms with E-state index in [4.69, 9.17) is 10.9 Å². The van der Waals surface area contributed by atoms with Crippen LogP contribution in [-0.4, -0.2) is 38.5 Å². The number of primary amides is 1. The van der Waals surface area contributed by atoms with Crippen LogP contribution in [0, 0.1) is 5.92 Å². The van der Waals surface area contributed by atoms with Crippen molar-refractivity contribution in [1.82, 2.24) is 0 Å². The van der Waals surface area contributed by atoms with Gasteiger partial charge in [0.05, 0.1) is 22.1 Å². The van der Waals surface area contributed by atoms with Gasteiger partial charge in [0, 0.05) is 13.1 Å². The number of carbonyl (C=O) groups excluding carboxylic acids is 1. The Morgan fingerprint density at radius 3 is 2.48 bits per heavy atom. The molecule has 0 saturated carbocycles. The summed E-state index contributed by atoms with van der Waals surface area (Å²) in [6.07, 6.45) is 0.533. The number of sulfonamides is 1. The van der Waals surface area contributed by atoms with Crippen LogP contribution in [0.2, 0.25) is 0 Å². The summed E-state index contributed by atoms with van der Waals surface area (Å²) in [6.45, 7) is 0.785. The van der Waals surface area contributed by atoms with E-state index in [0.29, 0.717) is 25.2 Å². The molecule has 0 spiro atoms. The Morgan fingerprint density at radius 1 is 1.33 bits per heavy atom. The van der Waals surface area contributed by atoms with Gasteiger partial charge < -0.3 is 15.7 Å². The van der Waals surface area contributed by atoms with Gasteiger partial charge in [0.2, 0.25) is 15.9 Å². The number of rotatable bonds is 4. The Balaban J connectivity index is 2.41. The zero-order valence-corrected chi connectivity index (χ0v) is 11.8. The summed E-state index contributed by atoms with van der Waals surface area (Å²) < 4.78 is 22.6. The maximum atomic E-state index is 11.3. The average Bonchev–Trinajstić information content (AvgIpc) is 2.86. The minimum atomic E-state index is -3.98. The number of anilines is 1. The van der Waals surface area contributed by atoms with Crippen molar-refractivity contribution in [3.63, 3.8) is 0 Å². The Morgan fingerprint density at radius 2 is 2.00 bits per heavy atom. The SMILES string of the molecule is NC(=O)C1CCN(c2ccc(S(N)(=O)=O)cc2C(=O)O)C1. The molecule has 1 aliphatic heterocycles. The quantitative estimate of drug-likeness (QED) is 0.673. The number of hydrogen-bond donors (Lipinski definition) is 3. The minimum absolute atomic E-state index is 0.174. The molecule has 114 valence electrons. The molecule has 1 atom stereocenters. The number of carboxylic acid groups (broad SMARTS) is 1. The lowest BCUT2D eigenvalue weighted by molar-refractivity contribution is -0.121. The van der Waals surface area contributed by atoms with Gasteiger partial charge in [-0.15, -0.1) is 0 Å². The number of aromatic carboxylic acids is 1. The molecule has 0 aliphatic carbocycles. The first-order valence-corrected chi connectivity index (χ1v) is 7.69. The van der Waals surface area contributed by atoms with E-state index in [9.17, 15) is 23.1 Å². The van der Waals surface area contributed by atoms with E-state index in [0.717, 1.165) is 6.07 Å². The molecule has 0 bridgehead atoms. The normalized spacial score (nSPS) is 18.7. The third kappa shape index (κ3) is 3.14. The van der Waals surface area contributed by atoms with Crippen LogP contribution in [0.15, 0.2) is 23.1 Å². The summed E-state index contributed by atoms with van der Waals surface area (Å²) in [4.78, 5) is 23.9. The van der Waals surface area contributed by atoms with E-state index < -0.39 is 21.9 Å². The Hall–Kier alpha value is -2.13. The minimum Gasteiger partial charge on any atom is -0.478 e. The van der Waals surface area contributed by atoms with Crippen molar-refractivity contribution in [3.05, 3.63) is 23.8 Å². The second-order valence-electron chi connectivity index (χ2n) is 4.86. The van der Waals surface area contributed by atoms with Gasteiger partial charge in [0.25, 0.3) is 0 Å². The summed E-state index contributed by atoms with van der Waals surface area (Å²) >= 11 is 0. The standard InChI is InChI=1S/C12H15N3O5S/c13-11(16)7-3-4-15(6-7)10-2-1-8(21(14,19)20)5-9(10)12(17)18/h1-2,5,7H,3-4,6H2,(H2,13,16)(H,17,18)(H2,14,19,20). The fourth-order valence-electron chi connectivity index (χ4n) is 2.35. The molecule has 1 amide bonds. The van der Waals surface area contributed by atoms with Crippen molar-refractivity contribution in [2.45, 2.75) is 11.3 Å². The highest BCUT2D eigenvalue weighted by molar-refractivity contribution is 7.89. The number of carboxylic acids is 1. The van der Waals surface area contributed by atoms with Crippen LogP contribution in [0.4, 0.5) is 5.69 Å². The second kappa shape index (κ2) is 5.34. The Labute approximate surface area is 121 Å². The number of nitrogens with zero attached hydrogens (tertiary/aromatic N) is 1. The van der Waals surface area contributed by atoms with Crippen molar-refractivity contribution in [2.24, 2.45) is 16.8 Å². The number of hydrogen-bond acceptors (Lipinski definition) is 5. The van der Waals surface area contributed by atoms with Crippen LogP contribution in [0.25, 0.3) is 0 Å². The van der Waals surface area contributed by atoms with Gasteiger partial charge in [-0.1, -0.05) is 0 Å². The molecule has 1 aliphatic rings. The molecular weight excluding hydrogens is 298 g/mol. The predicted molar refractivity (Wildman–Crippen MR) is 74.3 cm³/mol. The van der Waals surface area contributed by atoms with Gasteiger partial charge in [0.1, 0.15) is 0 Å². The molecule has 9 heteroatoms. The van der Waals surface area contributed by atoms with Crippen molar-refractivity contribution in [3.8, 4) is 0 Å². The summed E-state index contributed by atoms with van der Waals surface area (Å²) in [5.41, 5.74) is 5.41. The van der Waals surface area contributed by atoms with E-state index in [2.05, 4.69) is 0 Å². The van der Waals surface area contributed by atoms with Crippen LogP contribution < -0.4 is 15.8 Å². The van der Waals surface area contributed by atoms with Crippen molar-refractivity contribution >= 4 is 27.6 Å². The third-order valence-electron chi connectivity index (χ3n) is 3.46. The van der Waals surface area contributed by atoms with Gasteiger partial charge >= 0.3 is 5.97 Å². The molecule has 1 aromatic carbocycles. The van der Waals surface area contributed by atoms with Crippen molar-refractivity contribution < 1.29 is 23.1 Å². The van der Waals surface area contributed by atoms with E-state index in [-0.39, 0.29) is 16.4 Å². The largest absolute Gasteiger partial charge is 0.478 e. The van der Waals surface area contributed by atoms with E-state index in [1.54, 1.807) is 4.90 Å². The lowest BCUT2D eigenvalue weighted by Crippen LogP contribution is -2.28. The number of nitrogens with two attached hydrogens (primary N) is 2. The summed E-state index contributed by atoms with van der Waals surface area (Å²) in [6, 6.07) is 3.64. The lowest BCUT2D eigenvalue weighted by atomic mass is 10.1. The van der Waals surface area contributed by atoms with E-state index in [1.807, 2.05) is 0 Å². The van der Waals surface area contributed by atoms with Crippen LogP contribution >= 0.6 is 0 Å². The molecule has 21 heavy (non-hydrogen) atoms. The first kappa shape index (κ1) is 15.3. The molecule has 1 saturated heterocycles. The highest BCUT2D eigenvalue weighted by Gasteiger charge is 2.29. The molecule has 1 fully saturated rings. The second-order valence-corrected chi connectivity index (χ2v) is 6.42. The maximum Gasteiger partial charge on any atom is 0.337 e. The Kier molecular flexibility index (Phi) is 3.88. The zero-order chi connectivity index (χ0) is 15.8. The van der Waals surface area contributed by atoms with Crippen LogP contribution in [-0.2, 0) is 14.8 Å². The fourth-order valence-corrected chi connectivity index (χ4v) is 2.89. The van der Waals surface area contributed by atoms with Crippen molar-refractivity contribution in [1.29, 1.82) is 0 Å². The van der Waals surface area contributed by atoms with Gasteiger partial charge in [-0.2, -0.15) is 0 Å². The first-order chi connectivity index (χ1) is 9.70. The molecule has 0 radical (unpaired) electrons. The number of benzene rings is 1. The average molecular weight is 313 g/mol. The molecular formula is C12H15N3O5S. The highest BCUT2D eigenvalue weighted by Crippen LogP contribution is 2.29. The molecule has 1 unspecified atom stereocenters. The topological polar surface area (TPSA) is 144 Å². The maximum absolute atomic E-state index is 11.3. The number of primary sulfonamides is 1. The summed E-state index contributed by atoms with van der Waals surface area (Å²) in [7, 11) is -3.98.